The first-order valence-corrected chi connectivity index (χ1v) is 8.77. The second kappa shape index (κ2) is 5.74. The van der Waals surface area contributed by atoms with E-state index in [1.165, 1.54) is 6.42 Å². The number of nitrogens with one attached hydrogen (secondary N) is 1. The minimum atomic E-state index is -3.51. The van der Waals surface area contributed by atoms with E-state index in [1.54, 1.807) is 18.2 Å². The number of nitrogens with two attached hydrogens (primary N) is 1. The minimum Gasteiger partial charge on any atom is -0.399 e. The molecule has 2 rings (SSSR count). The molecule has 4 nitrogen and oxygen atoms in total. The van der Waals surface area contributed by atoms with Crippen LogP contribution >= 0.6 is 0 Å². The van der Waals surface area contributed by atoms with Crippen LogP contribution in [0.1, 0.15) is 51.5 Å². The molecule has 0 saturated heterocycles. The van der Waals surface area contributed by atoms with E-state index in [-0.39, 0.29) is 5.54 Å². The standard InChI is InChI=1S/C15H24N2O2S/c1-3-12-7-8-13(16)11-14(12)20(18,19)17-15(2)9-5-4-6-10-15/h7-8,11,17H,3-6,9-10,16H2,1-2H3. The van der Waals surface area contributed by atoms with Gasteiger partial charge in [-0.25, -0.2) is 13.1 Å². The summed E-state index contributed by atoms with van der Waals surface area (Å²) in [7, 11) is -3.51. The molecule has 20 heavy (non-hydrogen) atoms. The largest absolute Gasteiger partial charge is 0.399 e. The molecule has 1 fully saturated rings. The molecule has 0 unspecified atom stereocenters. The molecule has 112 valence electrons. The Kier molecular flexibility index (Phi) is 4.39. The molecule has 0 spiro atoms. The van der Waals surface area contributed by atoms with Gasteiger partial charge >= 0.3 is 0 Å². The monoisotopic (exact) mass is 296 g/mol. The Morgan fingerprint density at radius 1 is 1.25 bits per heavy atom. The fourth-order valence-electron chi connectivity index (χ4n) is 2.93. The van der Waals surface area contributed by atoms with E-state index in [2.05, 4.69) is 4.72 Å². The van der Waals surface area contributed by atoms with Crippen LogP contribution in [-0.2, 0) is 16.4 Å². The molecular formula is C15H24N2O2S. The van der Waals surface area contributed by atoms with Gasteiger partial charge in [-0.15, -0.1) is 0 Å². The molecule has 3 N–H and O–H groups in total. The van der Waals surface area contributed by atoms with Gasteiger partial charge in [-0.05, 0) is 43.9 Å². The lowest BCUT2D eigenvalue weighted by Crippen LogP contribution is -2.47. The van der Waals surface area contributed by atoms with Gasteiger partial charge in [0.15, 0.2) is 0 Å². The van der Waals surface area contributed by atoms with Crippen LogP contribution in [0.15, 0.2) is 23.1 Å². The maximum absolute atomic E-state index is 12.7. The highest BCUT2D eigenvalue weighted by Crippen LogP contribution is 2.30. The molecule has 0 heterocycles. The Morgan fingerprint density at radius 2 is 1.90 bits per heavy atom. The SMILES string of the molecule is CCc1ccc(N)cc1S(=O)(=O)NC1(C)CCCCC1. The molecule has 0 amide bonds. The third-order valence-electron chi connectivity index (χ3n) is 4.10. The molecule has 1 aromatic rings. The van der Waals surface area contributed by atoms with E-state index >= 15 is 0 Å². The van der Waals surface area contributed by atoms with Gasteiger partial charge in [-0.1, -0.05) is 32.3 Å². The van der Waals surface area contributed by atoms with Gasteiger partial charge in [-0.2, -0.15) is 0 Å². The Balaban J connectivity index is 2.32. The quantitative estimate of drug-likeness (QED) is 0.839. The Hall–Kier alpha value is -1.07. The predicted octanol–water partition coefficient (Wildman–Crippen LogP) is 2.83. The number of aryl methyl sites for hydroxylation is 1. The smallest absolute Gasteiger partial charge is 0.241 e. The van der Waals surface area contributed by atoms with Gasteiger partial charge in [-0.3, -0.25) is 0 Å². The molecule has 0 aliphatic heterocycles. The van der Waals surface area contributed by atoms with Gasteiger partial charge in [0.2, 0.25) is 10.0 Å². The number of anilines is 1. The first-order chi connectivity index (χ1) is 9.36. The molecule has 5 heteroatoms. The van der Waals surface area contributed by atoms with Gasteiger partial charge in [0.05, 0.1) is 4.90 Å². The molecule has 0 aromatic heterocycles. The molecule has 1 aliphatic carbocycles. The van der Waals surface area contributed by atoms with Crippen molar-refractivity contribution < 1.29 is 8.42 Å². The summed E-state index contributed by atoms with van der Waals surface area (Å²) in [6, 6.07) is 5.11. The summed E-state index contributed by atoms with van der Waals surface area (Å²) >= 11 is 0. The Morgan fingerprint density at radius 3 is 2.50 bits per heavy atom. The lowest BCUT2D eigenvalue weighted by Gasteiger charge is -2.34. The summed E-state index contributed by atoms with van der Waals surface area (Å²) < 4.78 is 28.2. The van der Waals surface area contributed by atoms with Crippen molar-refractivity contribution in [3.63, 3.8) is 0 Å². The summed E-state index contributed by atoms with van der Waals surface area (Å²) in [6.45, 7) is 3.95. The molecular weight excluding hydrogens is 272 g/mol. The zero-order valence-electron chi connectivity index (χ0n) is 12.3. The predicted molar refractivity (Wildman–Crippen MR) is 82.0 cm³/mol. The van der Waals surface area contributed by atoms with Crippen molar-refractivity contribution in [3.8, 4) is 0 Å². The average Bonchev–Trinajstić information content (AvgIpc) is 2.38. The van der Waals surface area contributed by atoms with Crippen LogP contribution < -0.4 is 10.5 Å². The Bertz CT molecular complexity index is 576. The van der Waals surface area contributed by atoms with Crippen LogP contribution in [0.2, 0.25) is 0 Å². The van der Waals surface area contributed by atoms with E-state index in [9.17, 15) is 8.42 Å². The van der Waals surface area contributed by atoms with Crippen LogP contribution in [-0.4, -0.2) is 14.0 Å². The van der Waals surface area contributed by atoms with Gasteiger partial charge in [0.1, 0.15) is 0 Å². The zero-order valence-corrected chi connectivity index (χ0v) is 13.1. The first kappa shape index (κ1) is 15.3. The fourth-order valence-corrected chi connectivity index (χ4v) is 4.74. The van der Waals surface area contributed by atoms with E-state index in [4.69, 9.17) is 5.73 Å². The molecule has 0 radical (unpaired) electrons. The summed E-state index contributed by atoms with van der Waals surface area (Å²) in [6.07, 6.45) is 5.82. The van der Waals surface area contributed by atoms with Crippen LogP contribution in [0.4, 0.5) is 5.69 Å². The van der Waals surface area contributed by atoms with Crippen LogP contribution in [0.5, 0.6) is 0 Å². The third kappa shape index (κ3) is 3.33. The second-order valence-corrected chi connectivity index (χ2v) is 7.60. The summed E-state index contributed by atoms with van der Waals surface area (Å²) in [4.78, 5) is 0.326. The molecule has 0 atom stereocenters. The number of benzene rings is 1. The van der Waals surface area contributed by atoms with Crippen LogP contribution in [0.25, 0.3) is 0 Å². The van der Waals surface area contributed by atoms with E-state index in [1.807, 2.05) is 13.8 Å². The maximum Gasteiger partial charge on any atom is 0.241 e. The highest BCUT2D eigenvalue weighted by Gasteiger charge is 2.32. The third-order valence-corrected chi connectivity index (χ3v) is 5.82. The summed E-state index contributed by atoms with van der Waals surface area (Å²) in [5.41, 5.74) is 6.72. The first-order valence-electron chi connectivity index (χ1n) is 7.29. The van der Waals surface area contributed by atoms with E-state index in [0.717, 1.165) is 31.2 Å². The van der Waals surface area contributed by atoms with Crippen molar-refractivity contribution >= 4 is 15.7 Å². The van der Waals surface area contributed by atoms with Crippen molar-refractivity contribution in [3.05, 3.63) is 23.8 Å². The number of sulfonamides is 1. The average molecular weight is 296 g/mol. The van der Waals surface area contributed by atoms with E-state index < -0.39 is 10.0 Å². The Labute approximate surface area is 121 Å². The maximum atomic E-state index is 12.7. The number of hydrogen-bond acceptors (Lipinski definition) is 3. The van der Waals surface area contributed by atoms with Gasteiger partial charge in [0, 0.05) is 11.2 Å². The number of hydrogen-bond donors (Lipinski definition) is 2. The fraction of sp³-hybridized carbons (Fsp3) is 0.600. The lowest BCUT2D eigenvalue weighted by molar-refractivity contribution is 0.294. The summed E-state index contributed by atoms with van der Waals surface area (Å²) in [5, 5.41) is 0. The van der Waals surface area contributed by atoms with Crippen molar-refractivity contribution in [2.24, 2.45) is 0 Å². The lowest BCUT2D eigenvalue weighted by atomic mass is 9.84. The highest BCUT2D eigenvalue weighted by molar-refractivity contribution is 7.89. The van der Waals surface area contributed by atoms with Crippen molar-refractivity contribution in [1.82, 2.24) is 4.72 Å². The molecule has 0 bridgehead atoms. The number of rotatable bonds is 4. The van der Waals surface area contributed by atoms with Gasteiger partial charge < -0.3 is 5.73 Å². The second-order valence-electron chi connectivity index (χ2n) is 5.95. The highest BCUT2D eigenvalue weighted by atomic mass is 32.2. The van der Waals surface area contributed by atoms with Crippen LogP contribution in [0, 0.1) is 0 Å². The van der Waals surface area contributed by atoms with Gasteiger partial charge in [0.25, 0.3) is 0 Å². The molecule has 1 aromatic carbocycles. The number of nitrogen functional groups attached to an aromatic ring is 1. The van der Waals surface area contributed by atoms with Crippen molar-refractivity contribution in [2.45, 2.75) is 62.8 Å². The summed E-state index contributed by atoms with van der Waals surface area (Å²) in [5.74, 6) is 0. The van der Waals surface area contributed by atoms with Crippen LogP contribution in [0.3, 0.4) is 0 Å². The molecule has 1 saturated carbocycles. The van der Waals surface area contributed by atoms with E-state index in [0.29, 0.717) is 17.0 Å². The van der Waals surface area contributed by atoms with Crippen molar-refractivity contribution in [1.29, 1.82) is 0 Å². The topological polar surface area (TPSA) is 72.2 Å². The molecule has 1 aliphatic rings. The zero-order chi connectivity index (χ0) is 14.8. The normalized spacial score (nSPS) is 18.9. The minimum absolute atomic E-state index is 0.326. The van der Waals surface area contributed by atoms with Crippen molar-refractivity contribution in [2.75, 3.05) is 5.73 Å².